The molecule has 0 saturated carbocycles. The van der Waals surface area contributed by atoms with Gasteiger partial charge in [-0.15, -0.1) is 0 Å². The van der Waals surface area contributed by atoms with Gasteiger partial charge in [-0.3, -0.25) is 0 Å². The second-order valence-electron chi connectivity index (χ2n) is 5.66. The Labute approximate surface area is 111 Å². The van der Waals surface area contributed by atoms with Gasteiger partial charge in [0.15, 0.2) is 11.5 Å². The molecule has 0 radical (unpaired) electrons. The monoisotopic (exact) mass is 256 g/mol. The van der Waals surface area contributed by atoms with Crippen molar-refractivity contribution in [2.75, 3.05) is 0 Å². The Morgan fingerprint density at radius 2 is 1.89 bits per heavy atom. The predicted octanol–water partition coefficient (Wildman–Crippen LogP) is 4.09. The predicted molar refractivity (Wildman–Crippen MR) is 72.9 cm³/mol. The third-order valence-corrected chi connectivity index (χ3v) is 3.00. The highest BCUT2D eigenvalue weighted by molar-refractivity contribution is 5.88. The normalized spacial score (nSPS) is 12.2. The van der Waals surface area contributed by atoms with Crippen molar-refractivity contribution in [2.24, 2.45) is 0 Å². The summed E-state index contributed by atoms with van der Waals surface area (Å²) in [5, 5.41) is 0. The summed E-state index contributed by atoms with van der Waals surface area (Å²) >= 11 is 0. The van der Waals surface area contributed by atoms with Gasteiger partial charge in [0, 0.05) is 12.3 Å². The van der Waals surface area contributed by atoms with E-state index < -0.39 is 0 Å². The van der Waals surface area contributed by atoms with Crippen LogP contribution in [0.5, 0.6) is 0 Å². The van der Waals surface area contributed by atoms with E-state index in [4.69, 9.17) is 8.83 Å². The molecule has 0 aliphatic rings. The second-order valence-corrected chi connectivity index (χ2v) is 5.66. The first kappa shape index (κ1) is 12.0. The van der Waals surface area contributed by atoms with Gasteiger partial charge in [0.1, 0.15) is 11.3 Å². The molecule has 0 fully saturated rings. The lowest BCUT2D eigenvalue weighted by molar-refractivity contribution is 0.416. The number of aryl methyl sites for hydroxylation is 1. The topological polar surface area (TPSA) is 52.1 Å². The molecule has 0 atom stereocenters. The van der Waals surface area contributed by atoms with E-state index >= 15 is 0 Å². The maximum Gasteiger partial charge on any atom is 0.228 e. The van der Waals surface area contributed by atoms with E-state index in [9.17, 15) is 0 Å². The first-order valence-electron chi connectivity index (χ1n) is 6.28. The molecule has 0 aliphatic carbocycles. The van der Waals surface area contributed by atoms with Crippen molar-refractivity contribution in [1.82, 2.24) is 9.97 Å². The Hall–Kier alpha value is -2.10. The lowest BCUT2D eigenvalue weighted by Gasteiger charge is -2.13. The van der Waals surface area contributed by atoms with Crippen molar-refractivity contribution >= 4 is 11.1 Å². The summed E-state index contributed by atoms with van der Waals surface area (Å²) in [7, 11) is 0. The summed E-state index contributed by atoms with van der Waals surface area (Å²) in [6, 6.07) is 5.76. The molecule has 4 nitrogen and oxygen atoms in total. The van der Waals surface area contributed by atoms with Crippen LogP contribution in [-0.2, 0) is 5.41 Å². The number of hydrogen-bond donors (Lipinski definition) is 0. The molecule has 0 unspecified atom stereocenters. The summed E-state index contributed by atoms with van der Waals surface area (Å²) in [5.41, 5.74) is 2.36. The molecule has 3 rings (SSSR count). The van der Waals surface area contributed by atoms with Crippen molar-refractivity contribution < 1.29 is 8.83 Å². The smallest absolute Gasteiger partial charge is 0.228 e. The molecule has 0 aliphatic heterocycles. The average Bonchev–Trinajstić information content (AvgIpc) is 2.91. The quantitative estimate of drug-likeness (QED) is 0.658. The largest absolute Gasteiger partial charge is 0.441 e. The Bertz CT molecular complexity index is 732. The van der Waals surface area contributed by atoms with Crippen LogP contribution in [0.15, 0.2) is 33.2 Å². The van der Waals surface area contributed by atoms with Crippen LogP contribution >= 0.6 is 0 Å². The van der Waals surface area contributed by atoms with Gasteiger partial charge in [-0.05, 0) is 12.1 Å². The lowest BCUT2D eigenvalue weighted by Crippen LogP contribution is -2.09. The molecular weight excluding hydrogens is 240 g/mol. The third kappa shape index (κ3) is 2.03. The van der Waals surface area contributed by atoms with Crippen LogP contribution in [0.25, 0.3) is 22.6 Å². The fraction of sp³-hybridized carbons (Fsp3) is 0.333. The molecule has 0 amide bonds. The van der Waals surface area contributed by atoms with Crippen LogP contribution in [-0.4, -0.2) is 9.97 Å². The van der Waals surface area contributed by atoms with Crippen molar-refractivity contribution in [2.45, 2.75) is 33.1 Å². The van der Waals surface area contributed by atoms with E-state index in [2.05, 4.69) is 30.7 Å². The Morgan fingerprint density at radius 3 is 2.58 bits per heavy atom. The van der Waals surface area contributed by atoms with Gasteiger partial charge in [0.05, 0.1) is 11.8 Å². The van der Waals surface area contributed by atoms with E-state index in [-0.39, 0.29) is 5.41 Å². The Balaban J connectivity index is 2.16. The Kier molecular flexibility index (Phi) is 2.49. The minimum atomic E-state index is -0.0567. The molecule has 98 valence electrons. The maximum absolute atomic E-state index is 5.86. The van der Waals surface area contributed by atoms with Crippen LogP contribution < -0.4 is 0 Å². The average molecular weight is 256 g/mol. The van der Waals surface area contributed by atoms with Crippen LogP contribution in [0.2, 0.25) is 0 Å². The zero-order chi connectivity index (χ0) is 13.6. The summed E-state index contributed by atoms with van der Waals surface area (Å²) in [6.45, 7) is 8.12. The van der Waals surface area contributed by atoms with Crippen molar-refractivity contribution in [3.05, 3.63) is 36.0 Å². The zero-order valence-corrected chi connectivity index (χ0v) is 11.5. The molecule has 2 aromatic heterocycles. The van der Waals surface area contributed by atoms with Crippen LogP contribution in [0.4, 0.5) is 0 Å². The number of para-hydroxylation sites is 1. The second kappa shape index (κ2) is 3.95. The summed E-state index contributed by atoms with van der Waals surface area (Å²) in [4.78, 5) is 8.76. The molecule has 4 heteroatoms. The first-order chi connectivity index (χ1) is 8.95. The summed E-state index contributed by atoms with van der Waals surface area (Å²) in [5.74, 6) is 2.09. The molecule has 0 bridgehead atoms. The van der Waals surface area contributed by atoms with Gasteiger partial charge >= 0.3 is 0 Å². The SMILES string of the molecule is Cc1nc2c(-c3ncc(C(C)(C)C)o3)cccc2o1. The molecule has 1 aromatic carbocycles. The number of fused-ring (bicyclic) bond motifs is 1. The number of hydrogen-bond acceptors (Lipinski definition) is 4. The number of benzene rings is 1. The molecule has 0 N–H and O–H groups in total. The first-order valence-corrected chi connectivity index (χ1v) is 6.28. The van der Waals surface area contributed by atoms with Gasteiger partial charge in [-0.25, -0.2) is 9.97 Å². The molecule has 3 aromatic rings. The Morgan fingerprint density at radius 1 is 1.11 bits per heavy atom. The highest BCUT2D eigenvalue weighted by Crippen LogP contribution is 2.31. The van der Waals surface area contributed by atoms with Gasteiger partial charge in [0.25, 0.3) is 0 Å². The number of oxazole rings is 2. The number of aromatic nitrogens is 2. The van der Waals surface area contributed by atoms with Crippen LogP contribution in [0.3, 0.4) is 0 Å². The maximum atomic E-state index is 5.86. The summed E-state index contributed by atoms with van der Waals surface area (Å²) in [6.07, 6.45) is 1.78. The van der Waals surface area contributed by atoms with E-state index in [0.29, 0.717) is 11.8 Å². The van der Waals surface area contributed by atoms with Crippen LogP contribution in [0, 0.1) is 6.92 Å². The molecule has 0 spiro atoms. The number of rotatable bonds is 1. The summed E-state index contributed by atoms with van der Waals surface area (Å²) < 4.78 is 11.4. The fourth-order valence-corrected chi connectivity index (χ4v) is 1.98. The van der Waals surface area contributed by atoms with E-state index in [1.165, 1.54) is 0 Å². The molecular formula is C15H16N2O2. The fourth-order valence-electron chi connectivity index (χ4n) is 1.98. The van der Waals surface area contributed by atoms with Crippen molar-refractivity contribution in [3.8, 4) is 11.5 Å². The highest BCUT2D eigenvalue weighted by atomic mass is 16.4. The van der Waals surface area contributed by atoms with Crippen molar-refractivity contribution in [1.29, 1.82) is 0 Å². The van der Waals surface area contributed by atoms with Gasteiger partial charge in [0.2, 0.25) is 5.89 Å². The van der Waals surface area contributed by atoms with Crippen molar-refractivity contribution in [3.63, 3.8) is 0 Å². The van der Waals surface area contributed by atoms with Gasteiger partial charge < -0.3 is 8.83 Å². The van der Waals surface area contributed by atoms with E-state index in [0.717, 1.165) is 22.4 Å². The highest BCUT2D eigenvalue weighted by Gasteiger charge is 2.21. The molecule has 2 heterocycles. The molecule has 19 heavy (non-hydrogen) atoms. The minimum Gasteiger partial charge on any atom is -0.441 e. The lowest BCUT2D eigenvalue weighted by atomic mass is 9.94. The zero-order valence-electron chi connectivity index (χ0n) is 11.5. The number of nitrogens with zero attached hydrogens (tertiary/aromatic N) is 2. The van der Waals surface area contributed by atoms with Gasteiger partial charge in [-0.1, -0.05) is 26.8 Å². The van der Waals surface area contributed by atoms with E-state index in [1.807, 2.05) is 25.1 Å². The minimum absolute atomic E-state index is 0.0567. The standard InChI is InChI=1S/C15H16N2O2/c1-9-17-13-10(6-5-7-11(13)18-9)14-16-8-12(19-14)15(2,3)4/h5-8H,1-4H3. The van der Waals surface area contributed by atoms with Crippen LogP contribution in [0.1, 0.15) is 32.4 Å². The van der Waals surface area contributed by atoms with Gasteiger partial charge in [-0.2, -0.15) is 0 Å². The third-order valence-electron chi connectivity index (χ3n) is 3.00. The molecule has 0 saturated heterocycles. The van der Waals surface area contributed by atoms with E-state index in [1.54, 1.807) is 6.20 Å².